The molecule has 5 rings (SSSR count). The Balaban J connectivity index is 1.45. The van der Waals surface area contributed by atoms with Crippen LogP contribution in [0.5, 0.6) is 0 Å². The lowest BCUT2D eigenvalue weighted by Gasteiger charge is -2.34. The second kappa shape index (κ2) is 16.4. The van der Waals surface area contributed by atoms with Gasteiger partial charge in [-0.05, 0) is 91.1 Å². The van der Waals surface area contributed by atoms with Crippen molar-refractivity contribution >= 4 is 42.7 Å². The molecule has 0 radical (unpaired) electrons. The van der Waals surface area contributed by atoms with Gasteiger partial charge in [0.05, 0.1) is 12.5 Å². The van der Waals surface area contributed by atoms with Gasteiger partial charge in [-0.25, -0.2) is 0 Å². The van der Waals surface area contributed by atoms with E-state index in [1.165, 1.54) is 37.6 Å². The molecule has 0 saturated heterocycles. The van der Waals surface area contributed by atoms with Crippen LogP contribution < -0.4 is 0 Å². The molecule has 4 aromatic rings. The first-order valence-corrected chi connectivity index (χ1v) is 19.3. The Labute approximate surface area is 293 Å². The number of allylic oxidation sites excluding steroid dienone is 2. The van der Waals surface area contributed by atoms with Crippen molar-refractivity contribution in [1.82, 2.24) is 0 Å². The highest BCUT2D eigenvalue weighted by atomic mass is 32.3. The fourth-order valence-corrected chi connectivity index (χ4v) is 9.26. The van der Waals surface area contributed by atoms with Crippen molar-refractivity contribution in [2.45, 2.75) is 46.5 Å². The quantitative estimate of drug-likeness (QED) is 0.0911. The first-order chi connectivity index (χ1) is 23.7. The molecule has 0 bridgehead atoms. The molecule has 0 unspecified atom stereocenters. The Hall–Kier alpha value is -5.03. The number of ether oxygens (including phenoxy) is 1. The molecule has 49 heavy (non-hydrogen) atoms. The van der Waals surface area contributed by atoms with Crippen molar-refractivity contribution < 1.29 is 14.3 Å². The predicted molar refractivity (Wildman–Crippen MR) is 208 cm³/mol. The molecule has 0 aliphatic carbocycles. The molecular weight excluding hydrogens is 621 g/mol. The Kier molecular flexibility index (Phi) is 11.8. The third-order valence-corrected chi connectivity index (χ3v) is 11.4. The van der Waals surface area contributed by atoms with Crippen LogP contribution in [0, 0.1) is 29.6 Å². The van der Waals surface area contributed by atoms with Gasteiger partial charge in [0.1, 0.15) is 0 Å². The van der Waals surface area contributed by atoms with Crippen LogP contribution in [-0.2, 0) is 14.3 Å². The number of carbonyl (C=O) groups is 2. The van der Waals surface area contributed by atoms with Gasteiger partial charge >= 0.3 is 5.97 Å². The number of unbranched alkanes of at least 4 members (excludes halogenated alkanes) is 2. The standard InChI is InChI=1S/C45H44O3S/c1-6-16-34-22-27-38(28-23-34)43-41(36-17-10-7-11-18-36)42(37-19-12-8-13-20-37)44(49(43,4)5)39-29-24-35(25-30-39)26-31-40(46)21-14-9-15-32-48-45(47)33(2)3/h7-8,10-13,17-20,22-25,27-30,33H,9,14-15,21,32H2,1-5H3. The summed E-state index contributed by atoms with van der Waals surface area (Å²) in [5.41, 5.74) is 9.10. The summed E-state index contributed by atoms with van der Waals surface area (Å²) in [6.45, 7) is 5.91. The number of hydrogen-bond donors (Lipinski definition) is 0. The van der Waals surface area contributed by atoms with E-state index in [-0.39, 0.29) is 17.7 Å². The molecule has 3 nitrogen and oxygen atoms in total. The average Bonchev–Trinajstić information content (AvgIpc) is 3.37. The fraction of sp³-hybridized carbons (Fsp3) is 0.244. The van der Waals surface area contributed by atoms with E-state index in [1.807, 2.05) is 32.9 Å². The van der Waals surface area contributed by atoms with Gasteiger partial charge < -0.3 is 4.74 Å². The normalized spacial score (nSPS) is 14.1. The first-order valence-electron chi connectivity index (χ1n) is 16.9. The molecule has 1 aliphatic rings. The maximum Gasteiger partial charge on any atom is 0.308 e. The predicted octanol–water partition coefficient (Wildman–Crippen LogP) is 10.3. The van der Waals surface area contributed by atoms with Crippen molar-refractivity contribution in [3.63, 3.8) is 0 Å². The van der Waals surface area contributed by atoms with Gasteiger partial charge in [0.15, 0.2) is 0 Å². The molecule has 0 atom stereocenters. The summed E-state index contributed by atoms with van der Waals surface area (Å²) in [5.74, 6) is 11.8. The zero-order valence-corrected chi connectivity index (χ0v) is 30.0. The van der Waals surface area contributed by atoms with Crippen LogP contribution in [0.25, 0.3) is 21.0 Å². The van der Waals surface area contributed by atoms with E-state index in [0.717, 1.165) is 36.0 Å². The summed E-state index contributed by atoms with van der Waals surface area (Å²) in [5, 5.41) is 0. The van der Waals surface area contributed by atoms with Gasteiger partial charge in [-0.15, -0.1) is 5.92 Å². The van der Waals surface area contributed by atoms with Crippen molar-refractivity contribution in [2.75, 3.05) is 19.1 Å². The van der Waals surface area contributed by atoms with E-state index in [0.29, 0.717) is 13.0 Å². The zero-order valence-electron chi connectivity index (χ0n) is 29.1. The van der Waals surface area contributed by atoms with Gasteiger partial charge in [-0.2, -0.15) is 10.0 Å². The maximum atomic E-state index is 12.5. The topological polar surface area (TPSA) is 43.4 Å². The van der Waals surface area contributed by atoms with E-state index in [2.05, 4.69) is 133 Å². The van der Waals surface area contributed by atoms with Gasteiger partial charge in [-0.3, -0.25) is 9.59 Å². The van der Waals surface area contributed by atoms with Crippen LogP contribution in [0.4, 0.5) is 0 Å². The summed E-state index contributed by atoms with van der Waals surface area (Å²) in [4.78, 5) is 26.8. The van der Waals surface area contributed by atoms with Crippen molar-refractivity contribution in [3.05, 3.63) is 143 Å². The van der Waals surface area contributed by atoms with Gasteiger partial charge in [0, 0.05) is 38.5 Å². The van der Waals surface area contributed by atoms with Gasteiger partial charge in [0.25, 0.3) is 0 Å². The zero-order chi connectivity index (χ0) is 34.8. The Morgan fingerprint density at radius 2 is 1.12 bits per heavy atom. The molecule has 1 aliphatic heterocycles. The van der Waals surface area contributed by atoms with Crippen LogP contribution >= 0.6 is 10.0 Å². The minimum absolute atomic E-state index is 0.0732. The third kappa shape index (κ3) is 8.53. The second-order valence-corrected chi connectivity index (χ2v) is 16.3. The molecule has 0 N–H and O–H groups in total. The van der Waals surface area contributed by atoms with Gasteiger partial charge in [0.2, 0.25) is 5.78 Å². The Morgan fingerprint density at radius 1 is 0.633 bits per heavy atom. The van der Waals surface area contributed by atoms with Gasteiger partial charge in [-0.1, -0.05) is 111 Å². The molecule has 4 heteroatoms. The number of rotatable bonds is 11. The summed E-state index contributed by atoms with van der Waals surface area (Å²) in [6.07, 6.45) is 7.50. The molecular formula is C45H44O3S. The molecule has 248 valence electrons. The minimum Gasteiger partial charge on any atom is -0.465 e. The molecule has 1 heterocycles. The number of Topliss-reactive ketones (excluding diaryl/α,β-unsaturated/α-hetero) is 1. The van der Waals surface area contributed by atoms with E-state index in [4.69, 9.17) is 4.74 Å². The van der Waals surface area contributed by atoms with Crippen LogP contribution in [0.1, 0.15) is 79.8 Å². The number of ketones is 1. The summed E-state index contributed by atoms with van der Waals surface area (Å²) < 4.78 is 5.22. The highest BCUT2D eigenvalue weighted by molar-refractivity contribution is 8.47. The highest BCUT2D eigenvalue weighted by Gasteiger charge is 2.39. The van der Waals surface area contributed by atoms with Crippen molar-refractivity contribution in [2.24, 2.45) is 5.92 Å². The lowest BCUT2D eigenvalue weighted by Crippen LogP contribution is -2.12. The number of carbonyl (C=O) groups excluding carboxylic acids is 2. The molecule has 0 fully saturated rings. The van der Waals surface area contributed by atoms with Crippen LogP contribution in [0.3, 0.4) is 0 Å². The molecule has 0 amide bonds. The molecule has 0 aromatic heterocycles. The first kappa shape index (κ1) is 35.3. The Morgan fingerprint density at radius 3 is 1.59 bits per heavy atom. The summed E-state index contributed by atoms with van der Waals surface area (Å²) in [6, 6.07) is 38.5. The monoisotopic (exact) mass is 664 g/mol. The maximum absolute atomic E-state index is 12.5. The summed E-state index contributed by atoms with van der Waals surface area (Å²) in [7, 11) is -1.51. The Bertz CT molecular complexity index is 1970. The molecule has 4 aromatic carbocycles. The van der Waals surface area contributed by atoms with Crippen LogP contribution in [-0.4, -0.2) is 30.9 Å². The largest absolute Gasteiger partial charge is 0.465 e. The summed E-state index contributed by atoms with van der Waals surface area (Å²) >= 11 is 0. The molecule has 0 saturated carbocycles. The smallest absolute Gasteiger partial charge is 0.308 e. The highest BCUT2D eigenvalue weighted by Crippen LogP contribution is 2.74. The lowest BCUT2D eigenvalue weighted by molar-refractivity contribution is -0.147. The van der Waals surface area contributed by atoms with Crippen molar-refractivity contribution in [1.29, 1.82) is 0 Å². The third-order valence-electron chi connectivity index (χ3n) is 8.52. The van der Waals surface area contributed by atoms with E-state index in [1.54, 1.807) is 0 Å². The van der Waals surface area contributed by atoms with E-state index in [9.17, 15) is 9.59 Å². The SMILES string of the molecule is CC#Cc1ccc(C2=C(c3ccccc3)C(c3ccccc3)=C(c3ccc(C#CC(=O)CCCCCOC(=O)C(C)C)cc3)S2(C)C)cc1. The van der Waals surface area contributed by atoms with E-state index >= 15 is 0 Å². The molecule has 0 spiro atoms. The number of benzene rings is 4. The number of hydrogen-bond acceptors (Lipinski definition) is 3. The van der Waals surface area contributed by atoms with Crippen LogP contribution in [0.2, 0.25) is 0 Å². The lowest BCUT2D eigenvalue weighted by atomic mass is 9.89. The minimum atomic E-state index is -1.51. The van der Waals surface area contributed by atoms with Crippen LogP contribution in [0.15, 0.2) is 109 Å². The number of esters is 1. The second-order valence-electron chi connectivity index (χ2n) is 12.8. The van der Waals surface area contributed by atoms with Crippen molar-refractivity contribution in [3.8, 4) is 23.7 Å². The average molecular weight is 665 g/mol. The fourth-order valence-electron chi connectivity index (χ4n) is 6.14. The van der Waals surface area contributed by atoms with E-state index < -0.39 is 10.0 Å².